The smallest absolute Gasteiger partial charge is 0.0831 e. The number of hydrogen-bond acceptors (Lipinski definition) is 3. The highest BCUT2D eigenvalue weighted by Crippen LogP contribution is 2.46. The summed E-state index contributed by atoms with van der Waals surface area (Å²) in [6, 6.07) is 0. The molecule has 0 aromatic carbocycles. The summed E-state index contributed by atoms with van der Waals surface area (Å²) in [5.41, 5.74) is 0.344. The first-order valence-corrected chi connectivity index (χ1v) is 7.00. The van der Waals surface area contributed by atoms with E-state index in [1.54, 1.807) is 0 Å². The van der Waals surface area contributed by atoms with Crippen LogP contribution in [0.5, 0.6) is 0 Å². The second kappa shape index (κ2) is 5.25. The minimum Gasteiger partial charge on any atom is -0.393 e. The van der Waals surface area contributed by atoms with Crippen LogP contribution in [0.4, 0.5) is 0 Å². The Hall–Kier alpha value is -0.120. The van der Waals surface area contributed by atoms with Crippen molar-refractivity contribution < 1.29 is 14.9 Å². The minimum atomic E-state index is -0.346. The molecule has 0 amide bonds. The number of rotatable bonds is 2. The van der Waals surface area contributed by atoms with Gasteiger partial charge < -0.3 is 14.9 Å². The molecule has 0 aromatic rings. The van der Waals surface area contributed by atoms with Crippen LogP contribution in [0.2, 0.25) is 0 Å². The predicted molar refractivity (Wildman–Crippen MR) is 66.7 cm³/mol. The van der Waals surface area contributed by atoms with Crippen molar-refractivity contribution in [3.05, 3.63) is 0 Å². The van der Waals surface area contributed by atoms with E-state index < -0.39 is 0 Å². The van der Waals surface area contributed by atoms with Gasteiger partial charge in [-0.05, 0) is 63.7 Å². The monoisotopic (exact) mass is 242 g/mol. The lowest BCUT2D eigenvalue weighted by Gasteiger charge is -2.45. The largest absolute Gasteiger partial charge is 0.393 e. The highest BCUT2D eigenvalue weighted by Gasteiger charge is 2.40. The van der Waals surface area contributed by atoms with Crippen molar-refractivity contribution in [2.75, 3.05) is 6.61 Å². The van der Waals surface area contributed by atoms with Crippen molar-refractivity contribution in [3.63, 3.8) is 0 Å². The van der Waals surface area contributed by atoms with E-state index in [2.05, 4.69) is 0 Å². The van der Waals surface area contributed by atoms with Crippen LogP contribution in [0.25, 0.3) is 0 Å². The molecule has 2 aliphatic rings. The summed E-state index contributed by atoms with van der Waals surface area (Å²) in [6.45, 7) is 4.52. The Labute approximate surface area is 104 Å². The molecule has 100 valence electrons. The molecule has 1 saturated carbocycles. The fraction of sp³-hybridized carbons (Fsp3) is 1.00. The van der Waals surface area contributed by atoms with Gasteiger partial charge in [0.15, 0.2) is 0 Å². The zero-order valence-electron chi connectivity index (χ0n) is 11.1. The van der Waals surface area contributed by atoms with Gasteiger partial charge in [0.25, 0.3) is 0 Å². The molecule has 2 rings (SSSR count). The Morgan fingerprint density at radius 2 is 1.59 bits per heavy atom. The van der Waals surface area contributed by atoms with Crippen molar-refractivity contribution in [2.45, 2.75) is 70.7 Å². The van der Waals surface area contributed by atoms with Crippen LogP contribution < -0.4 is 0 Å². The zero-order valence-corrected chi connectivity index (χ0v) is 11.1. The first-order chi connectivity index (χ1) is 8.02. The molecule has 3 heteroatoms. The lowest BCUT2D eigenvalue weighted by Crippen LogP contribution is -2.43. The third-order valence-corrected chi connectivity index (χ3v) is 4.87. The van der Waals surface area contributed by atoms with Crippen LogP contribution in [0, 0.1) is 11.3 Å². The van der Waals surface area contributed by atoms with E-state index >= 15 is 0 Å². The molecule has 17 heavy (non-hydrogen) atoms. The number of aliphatic hydroxyl groups excluding tert-OH is 2. The van der Waals surface area contributed by atoms with Crippen LogP contribution in [0.1, 0.15) is 52.4 Å². The first-order valence-electron chi connectivity index (χ1n) is 7.00. The summed E-state index contributed by atoms with van der Waals surface area (Å²) in [4.78, 5) is 0. The predicted octanol–water partition coefficient (Wildman–Crippen LogP) is 2.10. The Kier molecular flexibility index (Phi) is 4.11. The molecule has 1 aliphatic carbocycles. The van der Waals surface area contributed by atoms with Gasteiger partial charge in [0.2, 0.25) is 0 Å². The standard InChI is InChI=1S/C14H26O3/c1-10(15)12-3-6-14(7-4-12)8-5-13(11(2)16)17-9-14/h10-13,15-16H,3-9H2,1-2H3. The maximum absolute atomic E-state index is 9.61. The molecule has 0 bridgehead atoms. The molecule has 0 aromatic heterocycles. The van der Waals surface area contributed by atoms with Gasteiger partial charge in [0.1, 0.15) is 0 Å². The first kappa shape index (κ1) is 13.3. The van der Waals surface area contributed by atoms with E-state index in [1.807, 2.05) is 13.8 Å². The maximum atomic E-state index is 9.61. The molecule has 1 heterocycles. The fourth-order valence-electron chi connectivity index (χ4n) is 3.40. The Balaban J connectivity index is 1.84. The van der Waals surface area contributed by atoms with Crippen LogP contribution >= 0.6 is 0 Å². The second-order valence-electron chi connectivity index (χ2n) is 6.21. The highest BCUT2D eigenvalue weighted by atomic mass is 16.5. The molecule has 1 spiro atoms. The van der Waals surface area contributed by atoms with Gasteiger partial charge in [-0.1, -0.05) is 0 Å². The van der Waals surface area contributed by atoms with Crippen molar-refractivity contribution in [2.24, 2.45) is 11.3 Å². The fourth-order valence-corrected chi connectivity index (χ4v) is 3.40. The molecule has 3 atom stereocenters. The molecular formula is C14H26O3. The van der Waals surface area contributed by atoms with E-state index in [0.29, 0.717) is 11.3 Å². The molecule has 2 N–H and O–H groups in total. The molecular weight excluding hydrogens is 216 g/mol. The Morgan fingerprint density at radius 1 is 1.00 bits per heavy atom. The molecule has 3 unspecified atom stereocenters. The van der Waals surface area contributed by atoms with Crippen LogP contribution in [-0.4, -0.2) is 35.1 Å². The van der Waals surface area contributed by atoms with Gasteiger partial charge in [0, 0.05) is 0 Å². The van der Waals surface area contributed by atoms with E-state index in [1.165, 1.54) is 19.3 Å². The van der Waals surface area contributed by atoms with Crippen molar-refractivity contribution in [1.82, 2.24) is 0 Å². The average molecular weight is 242 g/mol. The summed E-state index contributed by atoms with van der Waals surface area (Å²) in [7, 11) is 0. The highest BCUT2D eigenvalue weighted by molar-refractivity contribution is 4.90. The van der Waals surface area contributed by atoms with Crippen LogP contribution in [-0.2, 0) is 4.74 Å². The third kappa shape index (κ3) is 3.01. The zero-order chi connectivity index (χ0) is 12.5. The van der Waals surface area contributed by atoms with Crippen molar-refractivity contribution in [3.8, 4) is 0 Å². The van der Waals surface area contributed by atoms with Crippen molar-refractivity contribution >= 4 is 0 Å². The van der Waals surface area contributed by atoms with Gasteiger partial charge in [-0.2, -0.15) is 0 Å². The van der Waals surface area contributed by atoms with E-state index in [9.17, 15) is 10.2 Å². The van der Waals surface area contributed by atoms with Crippen LogP contribution in [0.15, 0.2) is 0 Å². The molecule has 1 saturated heterocycles. The Bertz CT molecular complexity index is 204. The summed E-state index contributed by atoms with van der Waals surface area (Å²) in [5, 5.41) is 19.1. The van der Waals surface area contributed by atoms with E-state index in [4.69, 9.17) is 4.74 Å². The normalized spacial score (nSPS) is 42.4. The Morgan fingerprint density at radius 3 is 2.00 bits per heavy atom. The summed E-state index contributed by atoms with van der Waals surface area (Å²) >= 11 is 0. The second-order valence-corrected chi connectivity index (χ2v) is 6.21. The summed E-state index contributed by atoms with van der Waals surface area (Å²) in [5.74, 6) is 0.482. The lowest BCUT2D eigenvalue weighted by atomic mass is 9.66. The molecule has 0 radical (unpaired) electrons. The van der Waals surface area contributed by atoms with Crippen molar-refractivity contribution in [1.29, 1.82) is 0 Å². The van der Waals surface area contributed by atoms with Gasteiger partial charge >= 0.3 is 0 Å². The van der Waals surface area contributed by atoms with Gasteiger partial charge in [0.05, 0.1) is 24.9 Å². The van der Waals surface area contributed by atoms with E-state index in [0.717, 1.165) is 25.9 Å². The number of aliphatic hydroxyl groups is 2. The van der Waals surface area contributed by atoms with Gasteiger partial charge in [-0.25, -0.2) is 0 Å². The molecule has 2 fully saturated rings. The number of ether oxygens (including phenoxy) is 1. The summed E-state index contributed by atoms with van der Waals surface area (Å²) < 4.78 is 5.82. The molecule has 3 nitrogen and oxygen atoms in total. The van der Waals surface area contributed by atoms with E-state index in [-0.39, 0.29) is 18.3 Å². The molecule has 1 aliphatic heterocycles. The summed E-state index contributed by atoms with van der Waals surface area (Å²) in [6.07, 6.45) is 6.29. The maximum Gasteiger partial charge on any atom is 0.0831 e. The number of hydrogen-bond donors (Lipinski definition) is 2. The topological polar surface area (TPSA) is 49.7 Å². The minimum absolute atomic E-state index is 0.0371. The lowest BCUT2D eigenvalue weighted by molar-refractivity contribution is -0.122. The average Bonchev–Trinajstić information content (AvgIpc) is 2.30. The van der Waals surface area contributed by atoms with Gasteiger partial charge in [-0.15, -0.1) is 0 Å². The quantitative estimate of drug-likeness (QED) is 0.779. The third-order valence-electron chi connectivity index (χ3n) is 4.87. The SMILES string of the molecule is CC(O)C1CCC2(CC1)CCC(C(C)O)OC2. The van der Waals surface area contributed by atoms with Gasteiger partial charge in [-0.3, -0.25) is 0 Å². The van der Waals surface area contributed by atoms with Crippen LogP contribution in [0.3, 0.4) is 0 Å².